The number of hydrogen-bond donors (Lipinski definition) is 3. The van der Waals surface area contributed by atoms with Gasteiger partial charge >= 0.3 is 0 Å². The van der Waals surface area contributed by atoms with Crippen LogP contribution in [0.1, 0.15) is 19.4 Å². The molecule has 0 unspecified atom stereocenters. The number of carbonyl (C=O) groups excluding carboxylic acids is 1. The number of amides is 1. The maximum Gasteiger partial charge on any atom is 0.237 e. The Labute approximate surface area is 103 Å². The number of aromatic hydroxyl groups is 1. The van der Waals surface area contributed by atoms with Crippen molar-refractivity contribution in [3.8, 4) is 5.75 Å². The fraction of sp³-hybridized carbons (Fsp3) is 0.364. The minimum atomic E-state index is -0.797. The van der Waals surface area contributed by atoms with Crippen molar-refractivity contribution in [2.24, 2.45) is 5.73 Å². The molecule has 0 spiro atoms. The molecule has 5 heteroatoms. The number of halogens is 1. The second-order valence-electron chi connectivity index (χ2n) is 4.09. The Hall–Kier alpha value is -1.07. The lowest BCUT2D eigenvalue weighted by atomic mass is 10.0. The number of phenols is 1. The Kier molecular flexibility index (Phi) is 3.93. The predicted octanol–water partition coefficient (Wildman–Crippen LogP) is 1.51. The highest BCUT2D eigenvalue weighted by atomic mass is 79.9. The number of phenolic OH excluding ortho intramolecular Hbond substituents is 1. The van der Waals surface area contributed by atoms with E-state index in [0.717, 1.165) is 0 Å². The van der Waals surface area contributed by atoms with Gasteiger partial charge in [0.25, 0.3) is 0 Å². The lowest BCUT2D eigenvalue weighted by Crippen LogP contribution is -2.50. The van der Waals surface area contributed by atoms with Crippen LogP contribution in [0.25, 0.3) is 0 Å². The summed E-state index contributed by atoms with van der Waals surface area (Å²) in [6, 6.07) is 5.35. The smallest absolute Gasteiger partial charge is 0.237 e. The molecule has 1 aromatic carbocycles. The minimum Gasteiger partial charge on any atom is -0.506 e. The van der Waals surface area contributed by atoms with Crippen LogP contribution in [0.15, 0.2) is 22.7 Å². The molecular formula is C11H15BrN2O2. The third kappa shape index (κ3) is 2.96. The number of benzene rings is 1. The molecule has 1 rings (SSSR count). The highest BCUT2D eigenvalue weighted by Gasteiger charge is 2.24. The summed E-state index contributed by atoms with van der Waals surface area (Å²) in [5, 5.41) is 12.7. The van der Waals surface area contributed by atoms with Crippen LogP contribution in [0.5, 0.6) is 5.75 Å². The molecule has 0 radical (unpaired) electrons. The van der Waals surface area contributed by atoms with Crippen LogP contribution in [0.3, 0.4) is 0 Å². The molecule has 4 nitrogen and oxygen atoms in total. The van der Waals surface area contributed by atoms with Gasteiger partial charge in [-0.1, -0.05) is 12.1 Å². The zero-order chi connectivity index (χ0) is 12.3. The van der Waals surface area contributed by atoms with Crippen molar-refractivity contribution < 1.29 is 9.90 Å². The molecule has 0 aliphatic heterocycles. The zero-order valence-corrected chi connectivity index (χ0v) is 10.8. The molecule has 0 saturated heterocycles. The SMILES string of the molecule is CC(C)(NCc1cccc(Br)c1O)C(N)=O. The van der Waals surface area contributed by atoms with Crippen molar-refractivity contribution >= 4 is 21.8 Å². The number of nitrogens with one attached hydrogen (secondary N) is 1. The third-order valence-electron chi connectivity index (χ3n) is 2.41. The third-order valence-corrected chi connectivity index (χ3v) is 3.05. The Morgan fingerprint density at radius 3 is 2.75 bits per heavy atom. The number of carbonyl (C=O) groups is 1. The summed E-state index contributed by atoms with van der Waals surface area (Å²) in [5.74, 6) is -0.253. The molecule has 0 fully saturated rings. The van der Waals surface area contributed by atoms with Gasteiger partial charge < -0.3 is 10.8 Å². The van der Waals surface area contributed by atoms with Gasteiger partial charge in [0.15, 0.2) is 0 Å². The van der Waals surface area contributed by atoms with E-state index in [9.17, 15) is 9.90 Å². The topological polar surface area (TPSA) is 75.3 Å². The first kappa shape index (κ1) is 13.0. The van der Waals surface area contributed by atoms with Gasteiger partial charge in [0, 0.05) is 12.1 Å². The number of para-hydroxylation sites is 1. The standard InChI is InChI=1S/C11H15BrN2O2/c1-11(2,10(13)16)14-6-7-4-3-5-8(12)9(7)15/h3-5,14-15H,6H2,1-2H3,(H2,13,16). The summed E-state index contributed by atoms with van der Waals surface area (Å²) in [6.45, 7) is 3.77. The molecule has 0 heterocycles. The molecule has 88 valence electrons. The van der Waals surface area contributed by atoms with E-state index >= 15 is 0 Å². The summed E-state index contributed by atoms with van der Waals surface area (Å²) in [5.41, 5.74) is 5.14. The van der Waals surface area contributed by atoms with E-state index in [1.807, 2.05) is 6.07 Å². The van der Waals surface area contributed by atoms with E-state index in [2.05, 4.69) is 21.2 Å². The van der Waals surface area contributed by atoms with E-state index in [1.165, 1.54) is 0 Å². The predicted molar refractivity (Wildman–Crippen MR) is 65.9 cm³/mol. The lowest BCUT2D eigenvalue weighted by Gasteiger charge is -2.22. The van der Waals surface area contributed by atoms with Crippen LogP contribution in [-0.4, -0.2) is 16.6 Å². The van der Waals surface area contributed by atoms with Gasteiger partial charge in [-0.15, -0.1) is 0 Å². The molecule has 0 atom stereocenters. The molecule has 1 aromatic rings. The monoisotopic (exact) mass is 286 g/mol. The van der Waals surface area contributed by atoms with Gasteiger partial charge in [-0.2, -0.15) is 0 Å². The van der Waals surface area contributed by atoms with Crippen LogP contribution < -0.4 is 11.1 Å². The summed E-state index contributed by atoms with van der Waals surface area (Å²) >= 11 is 3.23. The number of nitrogens with two attached hydrogens (primary N) is 1. The van der Waals surface area contributed by atoms with Crippen LogP contribution >= 0.6 is 15.9 Å². The second-order valence-corrected chi connectivity index (χ2v) is 4.94. The molecule has 0 aromatic heterocycles. The zero-order valence-electron chi connectivity index (χ0n) is 9.25. The Balaban J connectivity index is 2.76. The van der Waals surface area contributed by atoms with Crippen molar-refractivity contribution in [2.75, 3.05) is 0 Å². The van der Waals surface area contributed by atoms with Crippen molar-refractivity contribution in [3.05, 3.63) is 28.2 Å². The van der Waals surface area contributed by atoms with Crippen LogP contribution in [0.4, 0.5) is 0 Å². The lowest BCUT2D eigenvalue weighted by molar-refractivity contribution is -0.123. The fourth-order valence-corrected chi connectivity index (χ4v) is 1.51. The van der Waals surface area contributed by atoms with Crippen LogP contribution in [0, 0.1) is 0 Å². The maximum atomic E-state index is 11.1. The van der Waals surface area contributed by atoms with Gasteiger partial charge in [-0.3, -0.25) is 10.1 Å². The number of hydrogen-bond acceptors (Lipinski definition) is 3. The molecule has 16 heavy (non-hydrogen) atoms. The van der Waals surface area contributed by atoms with E-state index in [1.54, 1.807) is 26.0 Å². The van der Waals surface area contributed by atoms with Gasteiger partial charge in [-0.05, 0) is 35.8 Å². The fourth-order valence-electron chi connectivity index (χ4n) is 1.11. The van der Waals surface area contributed by atoms with Crippen molar-refractivity contribution in [1.82, 2.24) is 5.32 Å². The first-order chi connectivity index (χ1) is 7.34. The first-order valence-electron chi connectivity index (χ1n) is 4.86. The highest BCUT2D eigenvalue weighted by Crippen LogP contribution is 2.27. The Morgan fingerprint density at radius 1 is 1.56 bits per heavy atom. The Bertz CT molecular complexity index is 405. The summed E-state index contributed by atoms with van der Waals surface area (Å²) in [7, 11) is 0. The van der Waals surface area contributed by atoms with E-state index in [0.29, 0.717) is 16.6 Å². The minimum absolute atomic E-state index is 0.176. The average molecular weight is 287 g/mol. The molecule has 4 N–H and O–H groups in total. The number of rotatable bonds is 4. The molecular weight excluding hydrogens is 272 g/mol. The van der Waals surface area contributed by atoms with Crippen LogP contribution in [0.2, 0.25) is 0 Å². The average Bonchev–Trinajstić information content (AvgIpc) is 2.20. The normalized spacial score (nSPS) is 11.4. The molecule has 0 aliphatic carbocycles. The summed E-state index contributed by atoms with van der Waals surface area (Å²) in [4.78, 5) is 11.1. The van der Waals surface area contributed by atoms with E-state index < -0.39 is 11.4 Å². The van der Waals surface area contributed by atoms with Gasteiger partial charge in [0.1, 0.15) is 5.75 Å². The molecule has 0 saturated carbocycles. The van der Waals surface area contributed by atoms with Crippen molar-refractivity contribution in [2.45, 2.75) is 25.9 Å². The van der Waals surface area contributed by atoms with Crippen molar-refractivity contribution in [1.29, 1.82) is 0 Å². The summed E-state index contributed by atoms with van der Waals surface area (Å²) in [6.07, 6.45) is 0. The second kappa shape index (κ2) is 4.84. The Morgan fingerprint density at radius 2 is 2.19 bits per heavy atom. The molecule has 0 bridgehead atoms. The van der Waals surface area contributed by atoms with Gasteiger partial charge in [0.05, 0.1) is 10.0 Å². The maximum absolute atomic E-state index is 11.1. The number of primary amides is 1. The largest absolute Gasteiger partial charge is 0.506 e. The first-order valence-corrected chi connectivity index (χ1v) is 5.65. The highest BCUT2D eigenvalue weighted by molar-refractivity contribution is 9.10. The van der Waals surface area contributed by atoms with E-state index in [-0.39, 0.29) is 5.75 Å². The molecule has 1 amide bonds. The quantitative estimate of drug-likeness (QED) is 0.785. The van der Waals surface area contributed by atoms with Crippen molar-refractivity contribution in [3.63, 3.8) is 0 Å². The van der Waals surface area contributed by atoms with Gasteiger partial charge in [0.2, 0.25) is 5.91 Å². The molecule has 0 aliphatic rings. The summed E-state index contributed by atoms with van der Waals surface area (Å²) < 4.78 is 0.628. The van der Waals surface area contributed by atoms with E-state index in [4.69, 9.17) is 5.73 Å². The van der Waals surface area contributed by atoms with Crippen LogP contribution in [-0.2, 0) is 11.3 Å². The van der Waals surface area contributed by atoms with Gasteiger partial charge in [-0.25, -0.2) is 0 Å².